The van der Waals surface area contributed by atoms with Gasteiger partial charge in [-0.15, -0.1) is 0 Å². The lowest BCUT2D eigenvalue weighted by atomic mass is 9.82. The van der Waals surface area contributed by atoms with Crippen molar-refractivity contribution in [2.45, 2.75) is 12.4 Å². The summed E-state index contributed by atoms with van der Waals surface area (Å²) >= 11 is 0. The molecule has 3 aromatic carbocycles. The Kier molecular flexibility index (Phi) is 7.71. The molecule has 0 N–H and O–H groups in total. The molecule has 0 atom stereocenters. The first-order valence-electron chi connectivity index (χ1n) is 12.9. The number of alkyl halides is 6. The van der Waals surface area contributed by atoms with Gasteiger partial charge < -0.3 is 0 Å². The fourth-order valence-corrected chi connectivity index (χ4v) is 5.82. The van der Waals surface area contributed by atoms with Gasteiger partial charge in [-0.3, -0.25) is 0 Å². The molecular formula is C34H8F8N6. The minimum Gasteiger partial charge on any atom is -0.237 e. The van der Waals surface area contributed by atoms with Gasteiger partial charge in [0.1, 0.15) is 17.7 Å². The summed E-state index contributed by atoms with van der Waals surface area (Å²) in [6, 6.07) is 11.1. The van der Waals surface area contributed by atoms with E-state index in [0.717, 1.165) is 48.5 Å². The molecule has 0 radical (unpaired) electrons. The summed E-state index contributed by atoms with van der Waals surface area (Å²) in [5.41, 5.74) is -18.2. The Labute approximate surface area is 265 Å². The van der Waals surface area contributed by atoms with Crippen molar-refractivity contribution >= 4 is 33.6 Å². The summed E-state index contributed by atoms with van der Waals surface area (Å²) in [6.45, 7) is 22.9. The lowest BCUT2D eigenvalue weighted by Crippen LogP contribution is -2.20. The maximum absolute atomic E-state index is 15.5. The van der Waals surface area contributed by atoms with Crippen molar-refractivity contribution in [2.24, 2.45) is 0 Å². The van der Waals surface area contributed by atoms with Gasteiger partial charge in [0.15, 0.2) is 0 Å². The van der Waals surface area contributed by atoms with E-state index in [1.807, 2.05) is 0 Å². The first kappa shape index (κ1) is 32.4. The van der Waals surface area contributed by atoms with E-state index in [0.29, 0.717) is 0 Å². The van der Waals surface area contributed by atoms with E-state index in [-0.39, 0.29) is 11.1 Å². The van der Waals surface area contributed by atoms with Gasteiger partial charge in [-0.25, -0.2) is 33.8 Å². The van der Waals surface area contributed by atoms with Crippen LogP contribution < -0.4 is 0 Å². The zero-order valence-corrected chi connectivity index (χ0v) is 23.3. The minimum atomic E-state index is -5.69. The van der Waals surface area contributed by atoms with Gasteiger partial charge in [0.2, 0.25) is 5.70 Å². The van der Waals surface area contributed by atoms with Crippen LogP contribution in [0.2, 0.25) is 0 Å². The molecule has 2 aliphatic rings. The number of rotatable bonds is 2. The van der Waals surface area contributed by atoms with Crippen LogP contribution in [0.1, 0.15) is 44.5 Å². The number of nitrogens with zero attached hydrogens (tertiary/aromatic N) is 6. The van der Waals surface area contributed by atoms with Crippen LogP contribution in [0.25, 0.3) is 48.1 Å². The van der Waals surface area contributed by atoms with E-state index in [1.54, 1.807) is 0 Å². The molecule has 14 heteroatoms. The number of halogens is 8. The lowest BCUT2D eigenvalue weighted by Gasteiger charge is -2.25. The monoisotopic (exact) mass is 652 g/mol. The number of benzene rings is 3. The quantitative estimate of drug-likeness (QED) is 0.157. The highest BCUT2D eigenvalue weighted by Crippen LogP contribution is 2.63. The normalized spacial score (nSPS) is 15.7. The fourth-order valence-electron chi connectivity index (χ4n) is 5.82. The highest BCUT2D eigenvalue weighted by molar-refractivity contribution is 6.30. The average molecular weight is 652 g/mol. The third-order valence-electron chi connectivity index (χ3n) is 7.44. The van der Waals surface area contributed by atoms with E-state index >= 15 is 26.3 Å². The van der Waals surface area contributed by atoms with E-state index in [9.17, 15) is 24.6 Å². The van der Waals surface area contributed by atoms with Crippen LogP contribution in [0.15, 0.2) is 59.9 Å². The van der Waals surface area contributed by atoms with Crippen LogP contribution in [0.3, 0.4) is 0 Å². The molecule has 230 valence electrons. The second-order valence-corrected chi connectivity index (χ2v) is 9.85. The smallest absolute Gasteiger partial charge is 0.237 e. The zero-order valence-electron chi connectivity index (χ0n) is 23.3. The van der Waals surface area contributed by atoms with Gasteiger partial charge in [-0.2, -0.15) is 31.6 Å². The fraction of sp³-hybridized carbons (Fsp3) is 0.0588. The highest BCUT2D eigenvalue weighted by atomic mass is 19.4. The van der Waals surface area contributed by atoms with Crippen LogP contribution in [0, 0.1) is 65.3 Å². The van der Waals surface area contributed by atoms with E-state index in [1.165, 1.54) is 18.2 Å². The molecule has 5 rings (SSSR count). The van der Waals surface area contributed by atoms with Gasteiger partial charge in [0, 0.05) is 16.7 Å². The first-order valence-corrected chi connectivity index (χ1v) is 12.9. The van der Waals surface area contributed by atoms with E-state index < -0.39 is 102 Å². The molecule has 6 nitrogen and oxygen atoms in total. The molecule has 3 aromatic rings. The van der Waals surface area contributed by atoms with Crippen LogP contribution in [0.4, 0.5) is 35.1 Å². The molecule has 0 saturated heterocycles. The number of nitriles is 3. The van der Waals surface area contributed by atoms with Crippen molar-refractivity contribution in [3.8, 4) is 18.2 Å². The van der Waals surface area contributed by atoms with Crippen molar-refractivity contribution in [1.82, 2.24) is 0 Å². The Morgan fingerprint density at radius 1 is 0.583 bits per heavy atom. The Morgan fingerprint density at radius 2 is 0.979 bits per heavy atom. The SMILES string of the molecule is [C-]#[N+]C1=C(c2ccc(F)cc2)/C(=C(/C#N)[N+]#[C-])c2c1c(C(F)(F)F)c1c(c2C(F)(F)F)/C(=C(/C#N)[N+]#[C-])C(c2ccc(F)cc2)=C1C#N. The average Bonchev–Trinajstić information content (AvgIpc) is 3.53. The highest BCUT2D eigenvalue weighted by Gasteiger charge is 2.53. The van der Waals surface area contributed by atoms with Crippen LogP contribution >= 0.6 is 0 Å². The summed E-state index contributed by atoms with van der Waals surface area (Å²) in [5.74, 6) is -1.73. The molecule has 0 bridgehead atoms. The predicted molar refractivity (Wildman–Crippen MR) is 153 cm³/mol. The second kappa shape index (κ2) is 11.4. The maximum Gasteiger partial charge on any atom is 0.417 e. The lowest BCUT2D eigenvalue weighted by molar-refractivity contribution is -0.141. The van der Waals surface area contributed by atoms with Crippen molar-refractivity contribution < 1.29 is 35.1 Å². The number of hydrogen-bond donors (Lipinski definition) is 0. The zero-order chi connectivity index (χ0) is 35.3. The van der Waals surface area contributed by atoms with Gasteiger partial charge in [0.25, 0.3) is 11.4 Å². The van der Waals surface area contributed by atoms with Gasteiger partial charge in [-0.1, -0.05) is 24.3 Å². The van der Waals surface area contributed by atoms with Crippen molar-refractivity contribution in [2.75, 3.05) is 0 Å². The predicted octanol–water partition coefficient (Wildman–Crippen LogP) is 9.56. The van der Waals surface area contributed by atoms with Crippen molar-refractivity contribution in [3.05, 3.63) is 150 Å². The van der Waals surface area contributed by atoms with Crippen LogP contribution in [-0.2, 0) is 12.4 Å². The summed E-state index contributed by atoms with van der Waals surface area (Å²) in [5, 5.41) is 29.9. The molecular weight excluding hydrogens is 644 g/mol. The molecule has 0 amide bonds. The van der Waals surface area contributed by atoms with Crippen molar-refractivity contribution in [3.63, 3.8) is 0 Å². The number of hydrogen-bond acceptors (Lipinski definition) is 3. The Hall–Kier alpha value is -7.00. The molecule has 0 aromatic heterocycles. The van der Waals surface area contributed by atoms with Crippen LogP contribution in [-0.4, -0.2) is 0 Å². The first-order chi connectivity index (χ1) is 22.7. The minimum absolute atomic E-state index is 0.316. The molecule has 0 spiro atoms. The van der Waals surface area contributed by atoms with E-state index in [4.69, 9.17) is 19.7 Å². The molecule has 48 heavy (non-hydrogen) atoms. The largest absolute Gasteiger partial charge is 0.417 e. The molecule has 0 fully saturated rings. The maximum atomic E-state index is 15.5. The summed E-state index contributed by atoms with van der Waals surface area (Å²) in [7, 11) is 0. The summed E-state index contributed by atoms with van der Waals surface area (Å²) < 4.78 is 120. The topological polar surface area (TPSA) is 84.4 Å². The summed E-state index contributed by atoms with van der Waals surface area (Å²) in [6.07, 6.45) is -11.3. The molecule has 2 aliphatic carbocycles. The molecule has 0 heterocycles. The van der Waals surface area contributed by atoms with Crippen LogP contribution in [0.5, 0.6) is 0 Å². The molecule has 0 unspecified atom stereocenters. The van der Waals surface area contributed by atoms with Gasteiger partial charge in [0.05, 0.1) is 48.6 Å². The molecule has 0 aliphatic heterocycles. The standard InChI is InChI=1S/C34H8F8N6/c1-46-20(13-44)25-22(15-4-8-17(35)9-5-15)19(12-43)24-27(25)31(34(40,41)42)28-26(21(14-45)47-2)23(16-6-10-18(36)11-7-16)32(48-3)29(28)30(24)33(37,38)39/h4-11H/b25-20-,26-21+. The Bertz CT molecular complexity index is 2180. The second-order valence-electron chi connectivity index (χ2n) is 9.85. The number of fused-ring (bicyclic) bond motifs is 2. The van der Waals surface area contributed by atoms with E-state index in [2.05, 4.69) is 14.5 Å². The van der Waals surface area contributed by atoms with Gasteiger partial charge >= 0.3 is 12.4 Å². The third kappa shape index (κ3) is 4.74. The Morgan fingerprint density at radius 3 is 1.35 bits per heavy atom. The number of allylic oxidation sites excluding steroid dienone is 7. The summed E-state index contributed by atoms with van der Waals surface area (Å²) in [4.78, 5) is 9.01. The Balaban J connectivity index is 2.22. The van der Waals surface area contributed by atoms with Crippen molar-refractivity contribution in [1.29, 1.82) is 15.8 Å². The molecule has 0 saturated carbocycles. The third-order valence-corrected chi connectivity index (χ3v) is 7.44. The van der Waals surface area contributed by atoms with Gasteiger partial charge in [-0.05, 0) is 63.2 Å².